The van der Waals surface area contributed by atoms with Crippen molar-refractivity contribution < 1.29 is 0 Å². The molecule has 2 heteroatoms. The van der Waals surface area contributed by atoms with Crippen LogP contribution in [-0.2, 0) is 0 Å². The molecule has 2 aromatic carbocycles. The van der Waals surface area contributed by atoms with Crippen LogP contribution in [0.4, 0.5) is 0 Å². The molecule has 0 saturated heterocycles. The summed E-state index contributed by atoms with van der Waals surface area (Å²) < 4.78 is 1.16. The van der Waals surface area contributed by atoms with Crippen LogP contribution in [0.15, 0.2) is 40.9 Å². The van der Waals surface area contributed by atoms with Gasteiger partial charge >= 0.3 is 0 Å². The number of halogens is 1. The number of hydrogen-bond donors (Lipinski definition) is 1. The van der Waals surface area contributed by atoms with Gasteiger partial charge in [-0.2, -0.15) is 0 Å². The molecule has 0 radical (unpaired) electrons. The van der Waals surface area contributed by atoms with Crippen LogP contribution in [0.5, 0.6) is 0 Å². The molecule has 112 valence electrons. The minimum absolute atomic E-state index is 0.237. The molecule has 0 fully saturated rings. The number of benzene rings is 2. The Bertz CT molecular complexity index is 596. The lowest BCUT2D eigenvalue weighted by atomic mass is 9.90. The highest BCUT2D eigenvalue weighted by Crippen LogP contribution is 2.32. The van der Waals surface area contributed by atoms with Gasteiger partial charge in [-0.3, -0.25) is 0 Å². The molecule has 0 aliphatic heterocycles. The fourth-order valence-electron chi connectivity index (χ4n) is 3.01. The maximum Gasteiger partial charge on any atom is 0.0593 e. The fourth-order valence-corrected chi connectivity index (χ4v) is 3.53. The Kier molecular flexibility index (Phi) is 5.60. The first-order chi connectivity index (χ1) is 10.0. The minimum atomic E-state index is 0.237. The first-order valence-electron chi connectivity index (χ1n) is 7.60. The number of rotatable bonds is 5. The van der Waals surface area contributed by atoms with Crippen molar-refractivity contribution in [3.05, 3.63) is 68.7 Å². The van der Waals surface area contributed by atoms with E-state index in [1.54, 1.807) is 0 Å². The molecule has 1 nitrogen and oxygen atoms in total. The zero-order valence-corrected chi connectivity index (χ0v) is 14.9. The van der Waals surface area contributed by atoms with Gasteiger partial charge in [-0.15, -0.1) is 0 Å². The quantitative estimate of drug-likeness (QED) is 0.758. The van der Waals surface area contributed by atoms with Crippen LogP contribution in [0.1, 0.15) is 47.2 Å². The van der Waals surface area contributed by atoms with Crippen LogP contribution in [-0.4, -0.2) is 6.54 Å². The third-order valence-corrected chi connectivity index (χ3v) is 4.56. The fraction of sp³-hybridized carbons (Fsp3) is 0.368. The SMILES string of the molecule is CCCNC(c1ccccc1Br)c1c(C)cc(C)cc1C. The smallest absolute Gasteiger partial charge is 0.0593 e. The maximum absolute atomic E-state index is 3.71. The zero-order valence-electron chi connectivity index (χ0n) is 13.3. The molecule has 0 amide bonds. The second-order valence-electron chi connectivity index (χ2n) is 5.72. The lowest BCUT2D eigenvalue weighted by Crippen LogP contribution is -2.25. The van der Waals surface area contributed by atoms with Gasteiger partial charge in [-0.1, -0.05) is 58.7 Å². The van der Waals surface area contributed by atoms with Crippen molar-refractivity contribution in [3.8, 4) is 0 Å². The molecule has 0 heterocycles. The second kappa shape index (κ2) is 7.24. The summed E-state index contributed by atoms with van der Waals surface area (Å²) in [6.07, 6.45) is 1.13. The molecular weight excluding hydrogens is 322 g/mol. The van der Waals surface area contributed by atoms with Crippen molar-refractivity contribution in [1.82, 2.24) is 5.32 Å². The van der Waals surface area contributed by atoms with Crippen molar-refractivity contribution >= 4 is 15.9 Å². The van der Waals surface area contributed by atoms with Gasteiger partial charge in [0, 0.05) is 4.47 Å². The Morgan fingerprint density at radius 2 is 1.67 bits per heavy atom. The number of hydrogen-bond acceptors (Lipinski definition) is 1. The largest absolute Gasteiger partial charge is 0.306 e. The van der Waals surface area contributed by atoms with Crippen molar-refractivity contribution in [2.24, 2.45) is 0 Å². The van der Waals surface area contributed by atoms with Gasteiger partial charge < -0.3 is 5.32 Å². The summed E-state index contributed by atoms with van der Waals surface area (Å²) in [5, 5.41) is 3.71. The summed E-state index contributed by atoms with van der Waals surface area (Å²) in [6, 6.07) is 13.3. The van der Waals surface area contributed by atoms with E-state index >= 15 is 0 Å². The topological polar surface area (TPSA) is 12.0 Å². The first-order valence-corrected chi connectivity index (χ1v) is 8.39. The van der Waals surface area contributed by atoms with Gasteiger partial charge in [-0.25, -0.2) is 0 Å². The van der Waals surface area contributed by atoms with E-state index < -0.39 is 0 Å². The molecule has 21 heavy (non-hydrogen) atoms. The first kappa shape index (κ1) is 16.3. The Balaban J connectivity index is 2.54. The van der Waals surface area contributed by atoms with Crippen LogP contribution in [0.25, 0.3) is 0 Å². The molecule has 1 atom stereocenters. The average molecular weight is 346 g/mol. The van der Waals surface area contributed by atoms with Crippen molar-refractivity contribution in [3.63, 3.8) is 0 Å². The Labute approximate surface area is 136 Å². The number of aryl methyl sites for hydroxylation is 3. The monoisotopic (exact) mass is 345 g/mol. The third-order valence-electron chi connectivity index (χ3n) is 3.84. The van der Waals surface area contributed by atoms with Gasteiger partial charge in [0.15, 0.2) is 0 Å². The molecule has 0 aliphatic rings. The van der Waals surface area contributed by atoms with Gasteiger partial charge in [0.2, 0.25) is 0 Å². The second-order valence-corrected chi connectivity index (χ2v) is 6.58. The summed E-state index contributed by atoms with van der Waals surface area (Å²) in [5.74, 6) is 0. The van der Waals surface area contributed by atoms with E-state index in [0.717, 1.165) is 17.4 Å². The van der Waals surface area contributed by atoms with Crippen molar-refractivity contribution in [2.75, 3.05) is 6.54 Å². The molecule has 0 aliphatic carbocycles. The van der Waals surface area contributed by atoms with Gasteiger partial charge in [-0.05, 0) is 62.1 Å². The normalized spacial score (nSPS) is 12.4. The Hall–Kier alpha value is -1.12. The molecule has 0 saturated carbocycles. The van der Waals surface area contributed by atoms with E-state index in [1.807, 2.05) is 0 Å². The molecule has 1 unspecified atom stereocenters. The zero-order chi connectivity index (χ0) is 15.4. The minimum Gasteiger partial charge on any atom is -0.306 e. The van der Waals surface area contributed by atoms with Crippen molar-refractivity contribution in [1.29, 1.82) is 0 Å². The molecule has 0 spiro atoms. The van der Waals surface area contributed by atoms with E-state index in [1.165, 1.54) is 27.8 Å². The predicted octanol–water partition coefficient (Wildman–Crippen LogP) is 5.46. The third kappa shape index (κ3) is 3.75. The molecule has 2 aromatic rings. The van der Waals surface area contributed by atoms with Crippen LogP contribution >= 0.6 is 15.9 Å². The summed E-state index contributed by atoms with van der Waals surface area (Å²) in [4.78, 5) is 0. The van der Waals surface area contributed by atoms with E-state index in [2.05, 4.69) is 85.3 Å². The Morgan fingerprint density at radius 3 is 2.24 bits per heavy atom. The maximum atomic E-state index is 3.71. The lowest BCUT2D eigenvalue weighted by Gasteiger charge is -2.25. The van der Waals surface area contributed by atoms with E-state index in [4.69, 9.17) is 0 Å². The lowest BCUT2D eigenvalue weighted by molar-refractivity contribution is 0.592. The van der Waals surface area contributed by atoms with Crippen LogP contribution in [0.2, 0.25) is 0 Å². The van der Waals surface area contributed by atoms with Crippen molar-refractivity contribution in [2.45, 2.75) is 40.2 Å². The van der Waals surface area contributed by atoms with E-state index in [-0.39, 0.29) is 6.04 Å². The van der Waals surface area contributed by atoms with Crippen LogP contribution < -0.4 is 5.32 Å². The molecule has 1 N–H and O–H groups in total. The average Bonchev–Trinajstić information content (AvgIpc) is 2.42. The highest BCUT2D eigenvalue weighted by molar-refractivity contribution is 9.10. The van der Waals surface area contributed by atoms with Crippen LogP contribution in [0.3, 0.4) is 0 Å². The van der Waals surface area contributed by atoms with E-state index in [0.29, 0.717) is 0 Å². The van der Waals surface area contributed by atoms with Crippen LogP contribution in [0, 0.1) is 20.8 Å². The standard InChI is InChI=1S/C19H24BrN/c1-5-10-21-19(16-8-6-7-9-17(16)20)18-14(3)11-13(2)12-15(18)4/h6-9,11-12,19,21H,5,10H2,1-4H3. The summed E-state index contributed by atoms with van der Waals surface area (Å²) in [7, 11) is 0. The van der Waals surface area contributed by atoms with Gasteiger partial charge in [0.05, 0.1) is 6.04 Å². The predicted molar refractivity (Wildman–Crippen MR) is 94.9 cm³/mol. The number of nitrogens with one attached hydrogen (secondary N) is 1. The van der Waals surface area contributed by atoms with Gasteiger partial charge in [0.1, 0.15) is 0 Å². The molecular formula is C19H24BrN. The summed E-state index contributed by atoms with van der Waals surface area (Å²) in [5.41, 5.74) is 6.76. The highest BCUT2D eigenvalue weighted by atomic mass is 79.9. The van der Waals surface area contributed by atoms with Gasteiger partial charge in [0.25, 0.3) is 0 Å². The highest BCUT2D eigenvalue weighted by Gasteiger charge is 2.19. The van der Waals surface area contributed by atoms with E-state index in [9.17, 15) is 0 Å². The molecule has 0 bridgehead atoms. The summed E-state index contributed by atoms with van der Waals surface area (Å²) in [6.45, 7) is 9.81. The Morgan fingerprint density at radius 1 is 1.05 bits per heavy atom. The molecule has 2 rings (SSSR count). The molecule has 0 aromatic heterocycles. The summed E-state index contributed by atoms with van der Waals surface area (Å²) >= 11 is 3.71.